The van der Waals surface area contributed by atoms with Crippen molar-refractivity contribution in [3.63, 3.8) is 0 Å². The number of hydrogen-bond donors (Lipinski definition) is 1. The van der Waals surface area contributed by atoms with E-state index in [4.69, 9.17) is 9.26 Å². The van der Waals surface area contributed by atoms with E-state index < -0.39 is 11.6 Å². The number of nitrogens with zero attached hydrogens (tertiary/aromatic N) is 2. The number of hydrogen-bond acceptors (Lipinski definition) is 5. The van der Waals surface area contributed by atoms with Crippen LogP contribution in [0.5, 0.6) is 0 Å². The Balaban J connectivity index is 0.00000192. The van der Waals surface area contributed by atoms with Crippen LogP contribution in [0.3, 0.4) is 0 Å². The first-order chi connectivity index (χ1) is 10.6. The molecule has 1 aromatic carbocycles. The van der Waals surface area contributed by atoms with Gasteiger partial charge in [-0.3, -0.25) is 0 Å². The maximum Gasteiger partial charge on any atom is 0.235 e. The number of halogens is 3. The Morgan fingerprint density at radius 3 is 2.65 bits per heavy atom. The van der Waals surface area contributed by atoms with Crippen LogP contribution in [-0.2, 0) is 10.2 Å². The van der Waals surface area contributed by atoms with Gasteiger partial charge in [-0.2, -0.15) is 4.98 Å². The summed E-state index contributed by atoms with van der Waals surface area (Å²) in [7, 11) is 1.64. The van der Waals surface area contributed by atoms with Gasteiger partial charge in [-0.1, -0.05) is 5.16 Å². The first kappa shape index (κ1) is 17.8. The molecule has 0 saturated carbocycles. The highest BCUT2D eigenvalue weighted by molar-refractivity contribution is 5.85. The summed E-state index contributed by atoms with van der Waals surface area (Å²) >= 11 is 0. The molecule has 0 spiro atoms. The summed E-state index contributed by atoms with van der Waals surface area (Å²) in [6, 6.07) is 3.55. The first-order valence-electron chi connectivity index (χ1n) is 7.14. The SMILES string of the molecule is COCC1(c2nc(-c3ccc(F)c(F)c3)no2)CCNCC1.Cl. The molecule has 1 aliphatic rings. The zero-order valence-electron chi connectivity index (χ0n) is 12.6. The van der Waals surface area contributed by atoms with Crippen LogP contribution in [-0.4, -0.2) is 36.9 Å². The van der Waals surface area contributed by atoms with Crippen molar-refractivity contribution in [1.82, 2.24) is 15.5 Å². The molecule has 0 atom stereocenters. The van der Waals surface area contributed by atoms with E-state index in [2.05, 4.69) is 15.5 Å². The molecule has 0 bridgehead atoms. The van der Waals surface area contributed by atoms with Crippen molar-refractivity contribution >= 4 is 12.4 Å². The van der Waals surface area contributed by atoms with Crippen LogP contribution in [0, 0.1) is 11.6 Å². The van der Waals surface area contributed by atoms with Gasteiger partial charge in [0.2, 0.25) is 11.7 Å². The fourth-order valence-corrected chi connectivity index (χ4v) is 2.79. The second kappa shape index (κ2) is 7.33. The van der Waals surface area contributed by atoms with Crippen molar-refractivity contribution < 1.29 is 18.0 Å². The highest BCUT2D eigenvalue weighted by atomic mass is 35.5. The van der Waals surface area contributed by atoms with Crippen molar-refractivity contribution in [1.29, 1.82) is 0 Å². The van der Waals surface area contributed by atoms with Gasteiger partial charge in [0.05, 0.1) is 12.0 Å². The number of aromatic nitrogens is 2. The maximum atomic E-state index is 13.3. The Kier molecular flexibility index (Phi) is 5.67. The minimum atomic E-state index is -0.933. The van der Waals surface area contributed by atoms with Crippen molar-refractivity contribution in [3.8, 4) is 11.4 Å². The van der Waals surface area contributed by atoms with Crippen LogP contribution in [0.2, 0.25) is 0 Å². The van der Waals surface area contributed by atoms with Crippen LogP contribution in [0.25, 0.3) is 11.4 Å². The Morgan fingerprint density at radius 2 is 2.00 bits per heavy atom. The molecule has 0 aliphatic carbocycles. The van der Waals surface area contributed by atoms with Crippen LogP contribution in [0.1, 0.15) is 18.7 Å². The molecule has 0 unspecified atom stereocenters. The van der Waals surface area contributed by atoms with E-state index in [1.807, 2.05) is 0 Å². The third kappa shape index (κ3) is 3.52. The summed E-state index contributed by atoms with van der Waals surface area (Å²) in [6.45, 7) is 2.16. The zero-order valence-corrected chi connectivity index (χ0v) is 13.5. The van der Waals surface area contributed by atoms with Gasteiger partial charge in [-0.15, -0.1) is 12.4 Å². The van der Waals surface area contributed by atoms with Gasteiger partial charge in [-0.25, -0.2) is 8.78 Å². The largest absolute Gasteiger partial charge is 0.384 e. The van der Waals surface area contributed by atoms with Crippen LogP contribution in [0.15, 0.2) is 22.7 Å². The third-order valence-corrected chi connectivity index (χ3v) is 4.04. The van der Waals surface area contributed by atoms with E-state index in [0.717, 1.165) is 38.1 Å². The van der Waals surface area contributed by atoms with Gasteiger partial charge < -0.3 is 14.6 Å². The third-order valence-electron chi connectivity index (χ3n) is 4.04. The zero-order chi connectivity index (χ0) is 15.6. The van der Waals surface area contributed by atoms with Gasteiger partial charge in [0, 0.05) is 12.7 Å². The highest BCUT2D eigenvalue weighted by Crippen LogP contribution is 2.34. The molecule has 126 valence electrons. The van der Waals surface area contributed by atoms with Gasteiger partial charge in [0.15, 0.2) is 11.6 Å². The Hall–Kier alpha value is -1.57. The number of nitrogens with one attached hydrogen (secondary N) is 1. The van der Waals surface area contributed by atoms with E-state index in [-0.39, 0.29) is 23.6 Å². The minimum Gasteiger partial charge on any atom is -0.384 e. The lowest BCUT2D eigenvalue weighted by Gasteiger charge is -2.33. The summed E-state index contributed by atoms with van der Waals surface area (Å²) in [6.07, 6.45) is 1.64. The molecule has 2 aromatic rings. The van der Waals surface area contributed by atoms with Gasteiger partial charge in [0.1, 0.15) is 0 Å². The molecule has 1 fully saturated rings. The molecule has 1 aromatic heterocycles. The van der Waals surface area contributed by atoms with E-state index >= 15 is 0 Å². The Morgan fingerprint density at radius 1 is 1.26 bits per heavy atom. The van der Waals surface area contributed by atoms with Gasteiger partial charge in [0.25, 0.3) is 0 Å². The fourth-order valence-electron chi connectivity index (χ4n) is 2.79. The molecule has 1 aliphatic heterocycles. The molecular weight excluding hydrogens is 328 g/mol. The van der Waals surface area contributed by atoms with Crippen molar-refractivity contribution in [2.45, 2.75) is 18.3 Å². The van der Waals surface area contributed by atoms with E-state index in [9.17, 15) is 8.78 Å². The fraction of sp³-hybridized carbons (Fsp3) is 0.467. The number of piperidine rings is 1. The van der Waals surface area contributed by atoms with Crippen LogP contribution in [0.4, 0.5) is 8.78 Å². The van der Waals surface area contributed by atoms with Crippen molar-refractivity contribution in [2.24, 2.45) is 0 Å². The molecule has 0 radical (unpaired) electrons. The van der Waals surface area contributed by atoms with E-state index in [1.54, 1.807) is 7.11 Å². The molecule has 0 amide bonds. The molecule has 23 heavy (non-hydrogen) atoms. The molecule has 8 heteroatoms. The maximum absolute atomic E-state index is 13.3. The summed E-state index contributed by atoms with van der Waals surface area (Å²) in [5.41, 5.74) is 0.0551. The van der Waals surface area contributed by atoms with Gasteiger partial charge >= 0.3 is 0 Å². The summed E-state index contributed by atoms with van der Waals surface area (Å²) < 4.78 is 37.1. The predicted octanol–water partition coefficient (Wildman–Crippen LogP) is 2.70. The lowest BCUT2D eigenvalue weighted by atomic mass is 9.79. The average Bonchev–Trinajstić information content (AvgIpc) is 3.02. The molecule has 3 rings (SSSR count). The topological polar surface area (TPSA) is 60.2 Å². The first-order valence-corrected chi connectivity index (χ1v) is 7.14. The number of rotatable bonds is 4. The number of benzene rings is 1. The molecule has 2 heterocycles. The average molecular weight is 346 g/mol. The normalized spacial score (nSPS) is 16.8. The second-order valence-electron chi connectivity index (χ2n) is 5.52. The molecule has 1 saturated heterocycles. The van der Waals surface area contributed by atoms with Crippen molar-refractivity contribution in [3.05, 3.63) is 35.7 Å². The van der Waals surface area contributed by atoms with Crippen LogP contribution < -0.4 is 5.32 Å². The number of methoxy groups -OCH3 is 1. The number of ether oxygens (including phenoxy) is 1. The lowest BCUT2D eigenvalue weighted by molar-refractivity contribution is 0.0850. The minimum absolute atomic E-state index is 0. The molecular formula is C15H18ClF2N3O2. The lowest BCUT2D eigenvalue weighted by Crippen LogP contribution is -2.43. The van der Waals surface area contributed by atoms with Crippen LogP contribution >= 0.6 is 12.4 Å². The second-order valence-corrected chi connectivity index (χ2v) is 5.52. The van der Waals surface area contributed by atoms with Gasteiger partial charge in [-0.05, 0) is 44.1 Å². The Labute approximate surface area is 138 Å². The summed E-state index contributed by atoms with van der Waals surface area (Å²) in [5, 5.41) is 7.19. The van der Waals surface area contributed by atoms with E-state index in [1.165, 1.54) is 6.07 Å². The highest BCUT2D eigenvalue weighted by Gasteiger charge is 2.39. The smallest absolute Gasteiger partial charge is 0.235 e. The summed E-state index contributed by atoms with van der Waals surface area (Å²) in [5.74, 6) is -1.10. The standard InChI is InChI=1S/C15H17F2N3O2.ClH/c1-21-9-15(4-6-18-7-5-15)14-19-13(20-22-14)10-2-3-11(16)12(17)8-10;/h2-3,8,18H,4-7,9H2,1H3;1H. The molecule has 5 nitrogen and oxygen atoms in total. The quantitative estimate of drug-likeness (QED) is 0.923. The van der Waals surface area contributed by atoms with E-state index in [0.29, 0.717) is 18.1 Å². The van der Waals surface area contributed by atoms with Crippen molar-refractivity contribution in [2.75, 3.05) is 26.8 Å². The predicted molar refractivity (Wildman–Crippen MR) is 82.6 cm³/mol. The molecule has 1 N–H and O–H groups in total. The summed E-state index contributed by atoms with van der Waals surface area (Å²) in [4.78, 5) is 4.39. The Bertz CT molecular complexity index is 654. The monoisotopic (exact) mass is 345 g/mol.